The van der Waals surface area contributed by atoms with E-state index in [4.69, 9.17) is 11.6 Å². The van der Waals surface area contributed by atoms with Crippen LogP contribution < -0.4 is 11.6 Å². The maximum Gasteiger partial charge on any atom is 0.101 e. The van der Waals surface area contributed by atoms with Gasteiger partial charge in [0, 0.05) is 19.0 Å². The van der Waals surface area contributed by atoms with Crippen molar-refractivity contribution in [3.8, 4) is 0 Å². The average Bonchev–Trinajstić information content (AvgIpc) is 2.20. The summed E-state index contributed by atoms with van der Waals surface area (Å²) in [6, 6.07) is 10.2. The molecule has 0 unspecified atom stereocenters. The van der Waals surface area contributed by atoms with Gasteiger partial charge in [0.25, 0.3) is 0 Å². The van der Waals surface area contributed by atoms with Gasteiger partial charge in [-0.3, -0.25) is 0 Å². The molecule has 1 aromatic rings. The molecule has 14 heavy (non-hydrogen) atoms. The third-order valence-corrected chi connectivity index (χ3v) is 2.92. The van der Waals surface area contributed by atoms with E-state index in [9.17, 15) is 0 Å². The Morgan fingerprint density at radius 3 is 2.57 bits per heavy atom. The quantitative estimate of drug-likeness (QED) is 0.582. The summed E-state index contributed by atoms with van der Waals surface area (Å²) in [6.45, 7) is 0. The second-order valence-electron chi connectivity index (χ2n) is 2.89. The van der Waals surface area contributed by atoms with Gasteiger partial charge in [-0.2, -0.15) is 0 Å². The van der Waals surface area contributed by atoms with Gasteiger partial charge >= 0.3 is 0 Å². The Balaban J connectivity index is 2.48. The molecule has 0 bridgehead atoms. The van der Waals surface area contributed by atoms with Crippen LogP contribution in [0.1, 0.15) is 5.56 Å². The van der Waals surface area contributed by atoms with Crippen LogP contribution in [0.25, 0.3) is 0 Å². The van der Waals surface area contributed by atoms with E-state index in [-0.39, 0.29) is 0 Å². The second-order valence-corrected chi connectivity index (χ2v) is 3.89. The van der Waals surface area contributed by atoms with Crippen molar-refractivity contribution in [1.82, 2.24) is 5.01 Å². The molecule has 0 aromatic heterocycles. The minimum absolute atomic E-state index is 0.869. The van der Waals surface area contributed by atoms with Crippen LogP contribution in [-0.4, -0.2) is 12.1 Å². The number of nitrogens with two attached hydrogens (primary N) is 2. The topological polar surface area (TPSA) is 55.3 Å². The Kier molecular flexibility index (Phi) is 4.35. The minimum Gasteiger partial charge on any atom is -0.402 e. The SMILES string of the molecule is CN(N)/C(=C\N)SCc1ccccc1. The molecular formula is C10H15N3S. The highest BCUT2D eigenvalue weighted by molar-refractivity contribution is 8.02. The van der Waals surface area contributed by atoms with Crippen LogP contribution >= 0.6 is 11.8 Å². The Hall–Kier alpha value is -1.13. The first-order valence-electron chi connectivity index (χ1n) is 4.31. The first-order chi connectivity index (χ1) is 6.74. The summed E-state index contributed by atoms with van der Waals surface area (Å²) >= 11 is 1.62. The lowest BCUT2D eigenvalue weighted by Gasteiger charge is -2.14. The molecule has 0 aliphatic heterocycles. The fourth-order valence-corrected chi connectivity index (χ4v) is 1.81. The molecule has 0 atom stereocenters. The molecular weight excluding hydrogens is 194 g/mol. The lowest BCUT2D eigenvalue weighted by atomic mass is 10.2. The molecule has 4 heteroatoms. The zero-order chi connectivity index (χ0) is 10.4. The van der Waals surface area contributed by atoms with E-state index in [2.05, 4.69) is 12.1 Å². The summed E-state index contributed by atoms with van der Waals surface area (Å²) in [5, 5.41) is 2.39. The van der Waals surface area contributed by atoms with Gasteiger partial charge in [-0.05, 0) is 5.56 Å². The number of hydrogen-bond donors (Lipinski definition) is 2. The molecule has 3 nitrogen and oxygen atoms in total. The molecule has 4 N–H and O–H groups in total. The van der Waals surface area contributed by atoms with Crippen molar-refractivity contribution < 1.29 is 0 Å². The molecule has 0 aliphatic carbocycles. The standard InChI is InChI=1S/C10H15N3S/c1-13(12)10(7-11)14-8-9-5-3-2-4-6-9/h2-7H,8,11-12H2,1H3/b10-7+. The van der Waals surface area contributed by atoms with Crippen LogP contribution in [0.2, 0.25) is 0 Å². The van der Waals surface area contributed by atoms with Gasteiger partial charge in [0.2, 0.25) is 0 Å². The maximum absolute atomic E-state index is 5.58. The van der Waals surface area contributed by atoms with Crippen molar-refractivity contribution >= 4 is 11.8 Å². The van der Waals surface area contributed by atoms with Crippen molar-refractivity contribution in [2.24, 2.45) is 11.6 Å². The normalized spacial score (nSPS) is 11.4. The van der Waals surface area contributed by atoms with Gasteiger partial charge in [-0.1, -0.05) is 30.3 Å². The van der Waals surface area contributed by atoms with Gasteiger partial charge < -0.3 is 10.7 Å². The molecule has 0 heterocycles. The summed E-state index contributed by atoms with van der Waals surface area (Å²) in [5.41, 5.74) is 6.70. The largest absolute Gasteiger partial charge is 0.402 e. The average molecular weight is 209 g/mol. The Bertz CT molecular complexity index is 295. The van der Waals surface area contributed by atoms with Gasteiger partial charge in [0.15, 0.2) is 0 Å². The van der Waals surface area contributed by atoms with Crippen molar-refractivity contribution in [1.29, 1.82) is 0 Å². The summed E-state index contributed by atoms with van der Waals surface area (Å²) in [6.07, 6.45) is 1.52. The van der Waals surface area contributed by atoms with E-state index in [0.29, 0.717) is 0 Å². The molecule has 0 saturated heterocycles. The number of rotatable bonds is 4. The van der Waals surface area contributed by atoms with Crippen LogP contribution in [-0.2, 0) is 5.75 Å². The maximum atomic E-state index is 5.58. The number of hydrogen-bond acceptors (Lipinski definition) is 4. The Morgan fingerprint density at radius 1 is 1.43 bits per heavy atom. The number of nitrogens with zero attached hydrogens (tertiary/aromatic N) is 1. The van der Waals surface area contributed by atoms with E-state index in [1.54, 1.807) is 18.8 Å². The Labute approximate surface area is 88.7 Å². The van der Waals surface area contributed by atoms with Gasteiger partial charge in [0.1, 0.15) is 5.03 Å². The molecule has 1 rings (SSSR count). The summed E-state index contributed by atoms with van der Waals surface area (Å²) in [5.74, 6) is 6.46. The smallest absolute Gasteiger partial charge is 0.101 e. The predicted octanol–water partition coefficient (Wildman–Crippen LogP) is 1.48. The summed E-state index contributed by atoms with van der Waals surface area (Å²) in [7, 11) is 1.77. The lowest BCUT2D eigenvalue weighted by Crippen LogP contribution is -2.24. The third kappa shape index (κ3) is 3.32. The third-order valence-electron chi connectivity index (χ3n) is 1.72. The molecule has 0 amide bonds. The number of benzene rings is 1. The molecule has 1 aromatic carbocycles. The number of hydrazine groups is 1. The van der Waals surface area contributed by atoms with Gasteiger partial charge in [-0.15, -0.1) is 11.8 Å². The zero-order valence-corrected chi connectivity index (χ0v) is 9.00. The van der Waals surface area contributed by atoms with Crippen molar-refractivity contribution in [2.45, 2.75) is 5.75 Å². The fraction of sp³-hybridized carbons (Fsp3) is 0.200. The van der Waals surface area contributed by atoms with Gasteiger partial charge in [-0.25, -0.2) is 5.84 Å². The van der Waals surface area contributed by atoms with Crippen LogP contribution in [0.5, 0.6) is 0 Å². The molecule has 0 saturated carbocycles. The van der Waals surface area contributed by atoms with E-state index in [1.807, 2.05) is 18.2 Å². The van der Waals surface area contributed by atoms with E-state index in [1.165, 1.54) is 16.8 Å². The van der Waals surface area contributed by atoms with Crippen LogP contribution in [0, 0.1) is 0 Å². The monoisotopic (exact) mass is 209 g/mol. The highest BCUT2D eigenvalue weighted by Crippen LogP contribution is 2.20. The highest BCUT2D eigenvalue weighted by atomic mass is 32.2. The molecule has 76 valence electrons. The fourth-order valence-electron chi connectivity index (χ4n) is 0.999. The second kappa shape index (κ2) is 5.57. The zero-order valence-electron chi connectivity index (χ0n) is 8.18. The lowest BCUT2D eigenvalue weighted by molar-refractivity contribution is 0.471. The molecule has 0 fully saturated rings. The first kappa shape index (κ1) is 10.9. The summed E-state index contributed by atoms with van der Waals surface area (Å²) in [4.78, 5) is 0. The molecule has 0 spiro atoms. The minimum atomic E-state index is 0.869. The van der Waals surface area contributed by atoms with Gasteiger partial charge in [0.05, 0.1) is 0 Å². The van der Waals surface area contributed by atoms with Crippen molar-refractivity contribution in [3.05, 3.63) is 47.1 Å². The first-order valence-corrected chi connectivity index (χ1v) is 5.29. The van der Waals surface area contributed by atoms with Crippen LogP contribution in [0.15, 0.2) is 41.6 Å². The highest BCUT2D eigenvalue weighted by Gasteiger charge is 2.00. The summed E-state index contributed by atoms with van der Waals surface area (Å²) < 4.78 is 0. The van der Waals surface area contributed by atoms with Crippen molar-refractivity contribution in [2.75, 3.05) is 7.05 Å². The Morgan fingerprint density at radius 2 is 2.07 bits per heavy atom. The van der Waals surface area contributed by atoms with E-state index < -0.39 is 0 Å². The number of thioether (sulfide) groups is 1. The molecule has 0 aliphatic rings. The van der Waals surface area contributed by atoms with Crippen LogP contribution in [0.3, 0.4) is 0 Å². The van der Waals surface area contributed by atoms with E-state index in [0.717, 1.165) is 10.8 Å². The van der Waals surface area contributed by atoms with Crippen molar-refractivity contribution in [3.63, 3.8) is 0 Å². The molecule has 0 radical (unpaired) electrons. The van der Waals surface area contributed by atoms with Crippen LogP contribution in [0.4, 0.5) is 0 Å². The predicted molar refractivity (Wildman–Crippen MR) is 62.0 cm³/mol. The van der Waals surface area contributed by atoms with E-state index >= 15 is 0 Å².